The van der Waals surface area contributed by atoms with Gasteiger partial charge in [-0.2, -0.15) is 5.10 Å². The van der Waals surface area contributed by atoms with E-state index in [0.29, 0.717) is 5.69 Å². The number of benzene rings is 1. The zero-order valence-corrected chi connectivity index (χ0v) is 17.2. The number of aromatic nitrogens is 4. The predicted octanol–water partition coefficient (Wildman–Crippen LogP) is 4.26. The van der Waals surface area contributed by atoms with E-state index >= 15 is 0 Å². The minimum absolute atomic E-state index is 0.246. The van der Waals surface area contributed by atoms with Gasteiger partial charge in [-0.3, -0.25) is 24.8 Å². The number of amides is 1. The summed E-state index contributed by atoms with van der Waals surface area (Å²) in [6.07, 6.45) is 9.08. The number of nitrogens with one attached hydrogen (secondary N) is 2. The second-order valence-corrected chi connectivity index (χ2v) is 7.90. The van der Waals surface area contributed by atoms with Crippen LogP contribution in [0.2, 0.25) is 0 Å². The molecule has 4 aromatic rings. The number of rotatable bonds is 5. The van der Waals surface area contributed by atoms with Crippen molar-refractivity contribution in [1.29, 1.82) is 0 Å². The molecular formula is C24H24N6O. The fraction of sp³-hybridized carbons (Fsp3) is 0.250. The highest BCUT2D eigenvalue weighted by atomic mass is 16.1. The first-order chi connectivity index (χ1) is 15.3. The van der Waals surface area contributed by atoms with Crippen LogP contribution < -0.4 is 5.32 Å². The number of likely N-dealkylation sites (tertiary alicyclic amines) is 1. The summed E-state index contributed by atoms with van der Waals surface area (Å²) in [7, 11) is 0. The molecule has 4 heterocycles. The van der Waals surface area contributed by atoms with Crippen molar-refractivity contribution in [2.45, 2.75) is 25.8 Å². The third-order valence-electron chi connectivity index (χ3n) is 5.68. The molecule has 0 radical (unpaired) electrons. The molecule has 0 saturated carbocycles. The van der Waals surface area contributed by atoms with Crippen LogP contribution in [-0.2, 0) is 6.54 Å². The van der Waals surface area contributed by atoms with Crippen LogP contribution in [0.25, 0.3) is 22.0 Å². The van der Waals surface area contributed by atoms with Gasteiger partial charge in [-0.15, -0.1) is 0 Å². The van der Waals surface area contributed by atoms with Crippen molar-refractivity contribution in [2.75, 3.05) is 18.4 Å². The number of hydrogen-bond acceptors (Lipinski definition) is 5. The van der Waals surface area contributed by atoms with Crippen LogP contribution in [0.3, 0.4) is 0 Å². The summed E-state index contributed by atoms with van der Waals surface area (Å²) < 4.78 is 0. The molecular weight excluding hydrogens is 388 g/mol. The average Bonchev–Trinajstić information content (AvgIpc) is 3.24. The normalized spacial score (nSPS) is 14.6. The number of anilines is 1. The molecule has 1 amide bonds. The van der Waals surface area contributed by atoms with Crippen molar-refractivity contribution in [1.82, 2.24) is 25.1 Å². The van der Waals surface area contributed by atoms with Gasteiger partial charge in [-0.25, -0.2) is 0 Å². The fourth-order valence-corrected chi connectivity index (χ4v) is 4.08. The maximum atomic E-state index is 13.0. The lowest BCUT2D eigenvalue weighted by Crippen LogP contribution is -2.29. The lowest BCUT2D eigenvalue weighted by Gasteiger charge is -2.26. The maximum Gasteiger partial charge on any atom is 0.276 e. The van der Waals surface area contributed by atoms with E-state index in [1.807, 2.05) is 48.7 Å². The molecule has 0 spiro atoms. The summed E-state index contributed by atoms with van der Waals surface area (Å²) in [5, 5.41) is 11.0. The van der Waals surface area contributed by atoms with Crippen LogP contribution in [0.5, 0.6) is 0 Å². The van der Waals surface area contributed by atoms with E-state index in [1.165, 1.54) is 19.3 Å². The highest BCUT2D eigenvalue weighted by Crippen LogP contribution is 2.25. The molecule has 0 unspecified atom stereocenters. The van der Waals surface area contributed by atoms with Gasteiger partial charge in [-0.05, 0) is 61.8 Å². The van der Waals surface area contributed by atoms with Crippen LogP contribution in [0.15, 0.2) is 61.1 Å². The van der Waals surface area contributed by atoms with Gasteiger partial charge in [0, 0.05) is 41.8 Å². The molecule has 0 atom stereocenters. The van der Waals surface area contributed by atoms with E-state index in [0.717, 1.165) is 53.0 Å². The molecule has 1 fully saturated rings. The van der Waals surface area contributed by atoms with Crippen LogP contribution in [-0.4, -0.2) is 44.1 Å². The zero-order valence-electron chi connectivity index (χ0n) is 17.2. The third kappa shape index (κ3) is 4.32. The largest absolute Gasteiger partial charge is 0.320 e. The Kier molecular flexibility index (Phi) is 5.41. The van der Waals surface area contributed by atoms with Crippen LogP contribution in [0, 0.1) is 0 Å². The molecule has 5 rings (SSSR count). The summed E-state index contributed by atoms with van der Waals surface area (Å²) in [4.78, 5) is 24.1. The van der Waals surface area contributed by atoms with Crippen molar-refractivity contribution >= 4 is 22.5 Å². The standard InChI is InChI=1S/C24H24N6O/c31-24(27-19-8-10-26-20(14-19)16-30-11-2-1-3-12-30)23-21-13-17(6-7-22(21)28-29-23)18-5-4-9-25-15-18/h4-10,13-15H,1-3,11-12,16H2,(H,28,29)(H,26,27,31). The van der Waals surface area contributed by atoms with Crippen molar-refractivity contribution in [3.8, 4) is 11.1 Å². The Morgan fingerprint density at radius 1 is 1.03 bits per heavy atom. The first-order valence-corrected chi connectivity index (χ1v) is 10.6. The van der Waals surface area contributed by atoms with E-state index in [9.17, 15) is 4.79 Å². The fourth-order valence-electron chi connectivity index (χ4n) is 4.08. The Morgan fingerprint density at radius 3 is 2.77 bits per heavy atom. The number of hydrogen-bond donors (Lipinski definition) is 2. The summed E-state index contributed by atoms with van der Waals surface area (Å²) in [5.74, 6) is -0.246. The first kappa shape index (κ1) is 19.4. The van der Waals surface area contributed by atoms with E-state index in [1.54, 1.807) is 12.4 Å². The number of nitrogens with zero attached hydrogens (tertiary/aromatic N) is 4. The van der Waals surface area contributed by atoms with Gasteiger partial charge in [-0.1, -0.05) is 18.6 Å². The monoisotopic (exact) mass is 412 g/mol. The van der Waals surface area contributed by atoms with Gasteiger partial charge in [0.05, 0.1) is 11.2 Å². The van der Waals surface area contributed by atoms with E-state index < -0.39 is 0 Å². The summed E-state index contributed by atoms with van der Waals surface area (Å²) in [6, 6.07) is 13.6. The molecule has 1 aliphatic heterocycles. The van der Waals surface area contributed by atoms with E-state index in [4.69, 9.17) is 0 Å². The van der Waals surface area contributed by atoms with Crippen LogP contribution >= 0.6 is 0 Å². The smallest absolute Gasteiger partial charge is 0.276 e. The zero-order chi connectivity index (χ0) is 21.0. The van der Waals surface area contributed by atoms with Crippen molar-refractivity contribution in [3.05, 3.63) is 72.4 Å². The second kappa shape index (κ2) is 8.65. The van der Waals surface area contributed by atoms with Crippen molar-refractivity contribution < 1.29 is 4.79 Å². The summed E-state index contributed by atoms with van der Waals surface area (Å²) >= 11 is 0. The van der Waals surface area contributed by atoms with Gasteiger partial charge in [0.15, 0.2) is 5.69 Å². The average molecular weight is 412 g/mol. The second-order valence-electron chi connectivity index (χ2n) is 7.90. The Bertz CT molecular complexity index is 1200. The molecule has 156 valence electrons. The van der Waals surface area contributed by atoms with Gasteiger partial charge >= 0.3 is 0 Å². The lowest BCUT2D eigenvalue weighted by molar-refractivity contribution is 0.102. The van der Waals surface area contributed by atoms with E-state index in [2.05, 4.69) is 30.4 Å². The van der Waals surface area contributed by atoms with Gasteiger partial charge in [0.2, 0.25) is 0 Å². The number of aromatic amines is 1. The molecule has 3 aromatic heterocycles. The quantitative estimate of drug-likeness (QED) is 0.511. The van der Waals surface area contributed by atoms with Gasteiger partial charge in [0.25, 0.3) is 5.91 Å². The molecule has 0 aliphatic carbocycles. The third-order valence-corrected chi connectivity index (χ3v) is 5.68. The van der Waals surface area contributed by atoms with Crippen LogP contribution in [0.1, 0.15) is 35.4 Å². The number of H-pyrrole nitrogens is 1. The first-order valence-electron chi connectivity index (χ1n) is 10.6. The lowest BCUT2D eigenvalue weighted by atomic mass is 10.0. The van der Waals surface area contributed by atoms with Gasteiger partial charge < -0.3 is 5.32 Å². The molecule has 31 heavy (non-hydrogen) atoms. The number of piperidine rings is 1. The van der Waals surface area contributed by atoms with Crippen molar-refractivity contribution in [3.63, 3.8) is 0 Å². The minimum Gasteiger partial charge on any atom is -0.320 e. The molecule has 1 aliphatic rings. The maximum absolute atomic E-state index is 13.0. The summed E-state index contributed by atoms with van der Waals surface area (Å²) in [6.45, 7) is 3.02. The topological polar surface area (TPSA) is 86.8 Å². The highest BCUT2D eigenvalue weighted by molar-refractivity contribution is 6.11. The number of carbonyl (C=O) groups excluding carboxylic acids is 1. The minimum atomic E-state index is -0.246. The molecule has 2 N–H and O–H groups in total. The molecule has 7 nitrogen and oxygen atoms in total. The molecule has 1 aromatic carbocycles. The summed E-state index contributed by atoms with van der Waals surface area (Å²) in [5.41, 5.74) is 4.86. The Hall–Kier alpha value is -3.58. The molecule has 0 bridgehead atoms. The van der Waals surface area contributed by atoms with E-state index in [-0.39, 0.29) is 5.91 Å². The van der Waals surface area contributed by atoms with Crippen molar-refractivity contribution in [2.24, 2.45) is 0 Å². The Labute approximate surface area is 180 Å². The predicted molar refractivity (Wildman–Crippen MR) is 121 cm³/mol. The number of pyridine rings is 2. The molecule has 7 heteroatoms. The van der Waals surface area contributed by atoms with Gasteiger partial charge in [0.1, 0.15) is 0 Å². The number of fused-ring (bicyclic) bond motifs is 1. The highest BCUT2D eigenvalue weighted by Gasteiger charge is 2.16. The Morgan fingerprint density at radius 2 is 1.94 bits per heavy atom. The molecule has 1 saturated heterocycles. The Balaban J connectivity index is 1.36. The van der Waals surface area contributed by atoms with Crippen LogP contribution in [0.4, 0.5) is 5.69 Å². The SMILES string of the molecule is O=C(Nc1ccnc(CN2CCCCC2)c1)c1n[nH]c2ccc(-c3cccnc3)cc12. The number of carbonyl (C=O) groups is 1.